The highest BCUT2D eigenvalue weighted by molar-refractivity contribution is 6.21. The van der Waals surface area contributed by atoms with Crippen molar-refractivity contribution in [3.8, 4) is 0 Å². The first-order valence-electron chi connectivity index (χ1n) is 15.1. The molecule has 0 spiro atoms. The van der Waals surface area contributed by atoms with Gasteiger partial charge in [0.15, 0.2) is 0 Å². The lowest BCUT2D eigenvalue weighted by atomic mass is 10.1. The van der Waals surface area contributed by atoms with Crippen LogP contribution in [0.4, 0.5) is 0 Å². The molecule has 0 aromatic heterocycles. The Kier molecular flexibility index (Phi) is 14.0. The number of rotatable bonds is 12. The molecule has 0 N–H and O–H groups in total. The standard InChI is InChI=1S/C30H45N5O8/c1-4-41-26(36)21-32-13-11-31(19-20-35-29(39)24-9-7-8-10-25(24)30(35)40)12-14-33(22-27(37)42-5-2)16-18-34(17-15-32)23-28(38)43-6-3/h7-10H,4-6,11-23H2,1-3H3. The Labute approximate surface area is 253 Å². The first-order chi connectivity index (χ1) is 20.7. The van der Waals surface area contributed by atoms with Gasteiger partial charge in [0.2, 0.25) is 0 Å². The topological polar surface area (TPSA) is 129 Å². The van der Waals surface area contributed by atoms with Crippen molar-refractivity contribution in [2.45, 2.75) is 20.8 Å². The maximum Gasteiger partial charge on any atom is 0.320 e. The lowest BCUT2D eigenvalue weighted by molar-refractivity contribution is -0.146. The van der Waals surface area contributed by atoms with Crippen LogP contribution in [-0.2, 0) is 28.6 Å². The van der Waals surface area contributed by atoms with E-state index < -0.39 is 0 Å². The van der Waals surface area contributed by atoms with Crippen LogP contribution >= 0.6 is 0 Å². The molecule has 0 aliphatic carbocycles. The number of hydrogen-bond acceptors (Lipinski definition) is 12. The monoisotopic (exact) mass is 603 g/mol. The number of carbonyl (C=O) groups is 5. The second-order valence-electron chi connectivity index (χ2n) is 10.4. The van der Waals surface area contributed by atoms with Crippen LogP contribution in [0.25, 0.3) is 0 Å². The van der Waals surface area contributed by atoms with E-state index in [1.54, 1.807) is 45.0 Å². The number of fused-ring (bicyclic) bond motifs is 1. The van der Waals surface area contributed by atoms with Gasteiger partial charge in [-0.25, -0.2) is 0 Å². The number of ether oxygens (including phenoxy) is 3. The summed E-state index contributed by atoms with van der Waals surface area (Å²) in [5.41, 5.74) is 0.824. The van der Waals surface area contributed by atoms with E-state index in [0.717, 1.165) is 0 Å². The van der Waals surface area contributed by atoms with Gasteiger partial charge in [0.05, 0.1) is 50.6 Å². The van der Waals surface area contributed by atoms with E-state index in [2.05, 4.69) is 4.90 Å². The normalized spacial score (nSPS) is 18.1. The van der Waals surface area contributed by atoms with Crippen LogP contribution in [-0.4, -0.2) is 159 Å². The highest BCUT2D eigenvalue weighted by Gasteiger charge is 2.35. The van der Waals surface area contributed by atoms with Crippen LogP contribution < -0.4 is 0 Å². The first-order valence-corrected chi connectivity index (χ1v) is 15.1. The minimum Gasteiger partial charge on any atom is -0.465 e. The van der Waals surface area contributed by atoms with Gasteiger partial charge in [0.1, 0.15) is 0 Å². The highest BCUT2D eigenvalue weighted by atomic mass is 16.5. The maximum atomic E-state index is 12.9. The molecule has 0 atom stereocenters. The average molecular weight is 604 g/mol. The zero-order valence-electron chi connectivity index (χ0n) is 25.6. The summed E-state index contributed by atoms with van der Waals surface area (Å²) in [4.78, 5) is 72.3. The van der Waals surface area contributed by atoms with Gasteiger partial charge >= 0.3 is 17.9 Å². The molecule has 1 aromatic rings. The lowest BCUT2D eigenvalue weighted by Gasteiger charge is -2.34. The first kappa shape index (κ1) is 34.1. The number of esters is 3. The summed E-state index contributed by atoms with van der Waals surface area (Å²) < 4.78 is 15.6. The van der Waals surface area contributed by atoms with E-state index in [-0.39, 0.29) is 75.7 Å². The van der Waals surface area contributed by atoms with E-state index in [9.17, 15) is 24.0 Å². The van der Waals surface area contributed by atoms with E-state index in [1.807, 2.05) is 14.7 Å². The third-order valence-corrected chi connectivity index (χ3v) is 7.42. The minimum atomic E-state index is -0.331. The fourth-order valence-electron chi connectivity index (χ4n) is 5.13. The van der Waals surface area contributed by atoms with Crippen LogP contribution in [0.15, 0.2) is 24.3 Å². The Morgan fingerprint density at radius 3 is 1.21 bits per heavy atom. The number of imide groups is 1. The number of benzene rings is 1. The van der Waals surface area contributed by atoms with Crippen molar-refractivity contribution in [1.29, 1.82) is 0 Å². The van der Waals surface area contributed by atoms with Crippen molar-refractivity contribution >= 4 is 29.7 Å². The van der Waals surface area contributed by atoms with Gasteiger partial charge in [-0.05, 0) is 32.9 Å². The van der Waals surface area contributed by atoms with Gasteiger partial charge in [-0.3, -0.25) is 48.5 Å². The van der Waals surface area contributed by atoms with Crippen molar-refractivity contribution in [3.63, 3.8) is 0 Å². The Bertz CT molecular complexity index is 1040. The molecule has 0 saturated carbocycles. The molecular weight excluding hydrogens is 558 g/mol. The fourth-order valence-corrected chi connectivity index (χ4v) is 5.13. The SMILES string of the molecule is CCOC(=O)CN1CCN(CCN2C(=O)c3ccccc3C2=O)CCN(CC(=O)OCC)CCN(CC(=O)OCC)CC1. The average Bonchev–Trinajstić information content (AvgIpc) is 3.21. The predicted molar refractivity (Wildman–Crippen MR) is 157 cm³/mol. The Balaban J connectivity index is 1.75. The van der Waals surface area contributed by atoms with E-state index in [1.165, 1.54) is 4.90 Å². The number of carbonyl (C=O) groups excluding carboxylic acids is 5. The molecule has 13 nitrogen and oxygen atoms in total. The van der Waals surface area contributed by atoms with Crippen molar-refractivity contribution < 1.29 is 38.2 Å². The summed E-state index contributed by atoms with van der Waals surface area (Å²) in [6.07, 6.45) is 0. The molecule has 0 bridgehead atoms. The molecular formula is C30H45N5O8. The molecule has 2 aliphatic heterocycles. The highest BCUT2D eigenvalue weighted by Crippen LogP contribution is 2.22. The van der Waals surface area contributed by atoms with Gasteiger partial charge < -0.3 is 14.2 Å². The van der Waals surface area contributed by atoms with E-state index in [4.69, 9.17) is 14.2 Å². The molecule has 0 unspecified atom stereocenters. The molecule has 2 heterocycles. The summed E-state index contributed by atoms with van der Waals surface area (Å²) in [5.74, 6) is -1.59. The largest absolute Gasteiger partial charge is 0.465 e. The van der Waals surface area contributed by atoms with Crippen molar-refractivity contribution in [1.82, 2.24) is 24.5 Å². The second-order valence-corrected chi connectivity index (χ2v) is 10.4. The fraction of sp³-hybridized carbons (Fsp3) is 0.633. The zero-order valence-corrected chi connectivity index (χ0v) is 25.6. The summed E-state index contributed by atoms with van der Waals surface area (Å²) in [6.45, 7) is 11.2. The van der Waals surface area contributed by atoms with Crippen LogP contribution in [0.5, 0.6) is 0 Å². The van der Waals surface area contributed by atoms with E-state index >= 15 is 0 Å². The van der Waals surface area contributed by atoms with Gasteiger partial charge in [0, 0.05) is 65.4 Å². The van der Waals surface area contributed by atoms with Crippen LogP contribution in [0.3, 0.4) is 0 Å². The molecule has 13 heteroatoms. The van der Waals surface area contributed by atoms with Gasteiger partial charge in [-0.1, -0.05) is 12.1 Å². The lowest BCUT2D eigenvalue weighted by Crippen LogP contribution is -2.49. The van der Waals surface area contributed by atoms with Crippen molar-refractivity contribution in [2.75, 3.05) is 105 Å². The van der Waals surface area contributed by atoms with Crippen molar-refractivity contribution in [2.24, 2.45) is 0 Å². The van der Waals surface area contributed by atoms with Gasteiger partial charge in [-0.15, -0.1) is 0 Å². The summed E-state index contributed by atoms with van der Waals surface area (Å²) in [6, 6.07) is 6.82. The molecule has 1 saturated heterocycles. The van der Waals surface area contributed by atoms with Gasteiger partial charge in [-0.2, -0.15) is 0 Å². The molecule has 0 radical (unpaired) electrons. The van der Waals surface area contributed by atoms with E-state index in [0.29, 0.717) is 70.0 Å². The molecule has 238 valence electrons. The molecule has 2 aliphatic rings. The van der Waals surface area contributed by atoms with Crippen LogP contribution in [0.1, 0.15) is 41.5 Å². The summed E-state index contributed by atoms with van der Waals surface area (Å²) in [7, 11) is 0. The molecule has 43 heavy (non-hydrogen) atoms. The van der Waals surface area contributed by atoms with Crippen molar-refractivity contribution in [3.05, 3.63) is 35.4 Å². The predicted octanol–water partition coefficient (Wildman–Crippen LogP) is 0.194. The number of amides is 2. The third kappa shape index (κ3) is 10.7. The minimum absolute atomic E-state index is 0.0980. The second kappa shape index (κ2) is 17.7. The molecule has 1 aromatic carbocycles. The Morgan fingerprint density at radius 2 is 0.884 bits per heavy atom. The summed E-state index contributed by atoms with van der Waals surface area (Å²) in [5, 5.41) is 0. The number of nitrogens with zero attached hydrogens (tertiary/aromatic N) is 5. The Hall–Kier alpha value is -3.39. The number of hydrogen-bond donors (Lipinski definition) is 0. The molecule has 3 rings (SSSR count). The molecule has 1 fully saturated rings. The maximum absolute atomic E-state index is 12.9. The quantitative estimate of drug-likeness (QED) is 0.184. The summed E-state index contributed by atoms with van der Waals surface area (Å²) >= 11 is 0. The Morgan fingerprint density at radius 1 is 0.558 bits per heavy atom. The smallest absolute Gasteiger partial charge is 0.320 e. The van der Waals surface area contributed by atoms with Crippen LogP contribution in [0.2, 0.25) is 0 Å². The zero-order chi connectivity index (χ0) is 31.2. The van der Waals surface area contributed by atoms with Gasteiger partial charge in [0.25, 0.3) is 11.8 Å². The third-order valence-electron chi connectivity index (χ3n) is 7.42. The van der Waals surface area contributed by atoms with Crippen LogP contribution in [0, 0.1) is 0 Å². The molecule has 2 amide bonds.